The molecule has 2 heterocycles. The predicted molar refractivity (Wildman–Crippen MR) is 112 cm³/mol. The number of hydrogen-bond donors (Lipinski definition) is 2. The second-order valence-corrected chi connectivity index (χ2v) is 7.22. The molecule has 8 heteroatoms. The first-order valence-corrected chi connectivity index (χ1v) is 9.17. The molecule has 2 aromatic rings. The molecule has 1 aliphatic rings. The summed E-state index contributed by atoms with van der Waals surface area (Å²) in [6.45, 7) is 1.79. The third-order valence-electron chi connectivity index (χ3n) is 4.71. The van der Waals surface area contributed by atoms with Crippen molar-refractivity contribution in [1.29, 1.82) is 0 Å². The fraction of sp³-hybridized carbons (Fsp3) is 0.500. The molecule has 1 aromatic carbocycles. The number of carbonyl (C=O) groups is 1. The lowest BCUT2D eigenvalue weighted by Crippen LogP contribution is -2.44. The van der Waals surface area contributed by atoms with E-state index in [-0.39, 0.29) is 42.9 Å². The molecule has 0 spiro atoms. The van der Waals surface area contributed by atoms with Crippen molar-refractivity contribution in [2.24, 2.45) is 0 Å². The Bertz CT molecular complexity index is 739. The van der Waals surface area contributed by atoms with Gasteiger partial charge in [-0.15, -0.1) is 24.8 Å². The smallest absolute Gasteiger partial charge is 0.340 e. The summed E-state index contributed by atoms with van der Waals surface area (Å²) in [7, 11) is 1.40. The van der Waals surface area contributed by atoms with Crippen molar-refractivity contribution in [2.75, 3.05) is 13.7 Å². The average molecular weight is 468 g/mol. The number of benzene rings is 1. The SMILES string of the molecule is COC(=O)c1cn(CCCC2NCCCC2O)c2ccc(Br)cc12.Cl.Cl. The van der Waals surface area contributed by atoms with Gasteiger partial charge in [0.15, 0.2) is 0 Å². The second kappa shape index (κ2) is 10.5. The van der Waals surface area contributed by atoms with Gasteiger partial charge in [-0.05, 0) is 50.4 Å². The van der Waals surface area contributed by atoms with Crippen molar-refractivity contribution in [3.8, 4) is 0 Å². The number of methoxy groups -OCH3 is 1. The van der Waals surface area contributed by atoms with Crippen molar-refractivity contribution in [3.05, 3.63) is 34.4 Å². The summed E-state index contributed by atoms with van der Waals surface area (Å²) in [6.07, 6.45) is 5.40. The number of hydrogen-bond acceptors (Lipinski definition) is 4. The topological polar surface area (TPSA) is 63.5 Å². The molecule has 0 bridgehead atoms. The minimum atomic E-state index is -0.318. The number of aromatic nitrogens is 1. The van der Waals surface area contributed by atoms with Gasteiger partial charge in [0.25, 0.3) is 0 Å². The molecule has 0 saturated carbocycles. The number of nitrogens with one attached hydrogen (secondary N) is 1. The maximum absolute atomic E-state index is 12.0. The molecule has 1 saturated heterocycles. The highest BCUT2D eigenvalue weighted by atomic mass is 79.9. The fourth-order valence-electron chi connectivity index (χ4n) is 3.44. The minimum Gasteiger partial charge on any atom is -0.465 e. The zero-order valence-electron chi connectivity index (χ0n) is 14.6. The number of ether oxygens (including phenoxy) is 1. The molecule has 1 fully saturated rings. The fourth-order valence-corrected chi connectivity index (χ4v) is 3.80. The van der Waals surface area contributed by atoms with Gasteiger partial charge in [-0.3, -0.25) is 0 Å². The van der Waals surface area contributed by atoms with Crippen LogP contribution in [0.1, 0.15) is 36.0 Å². The van der Waals surface area contributed by atoms with Gasteiger partial charge in [0.05, 0.1) is 18.8 Å². The highest BCUT2D eigenvalue weighted by Gasteiger charge is 2.22. The molecule has 3 rings (SSSR count). The van der Waals surface area contributed by atoms with Crippen LogP contribution in [-0.4, -0.2) is 41.4 Å². The zero-order chi connectivity index (χ0) is 17.1. The summed E-state index contributed by atoms with van der Waals surface area (Å²) in [5.41, 5.74) is 1.61. The van der Waals surface area contributed by atoms with Crippen LogP contribution in [0, 0.1) is 0 Å². The Labute approximate surface area is 174 Å². The molecule has 0 radical (unpaired) electrons. The summed E-state index contributed by atoms with van der Waals surface area (Å²) in [6, 6.07) is 6.12. The Kier molecular flexibility index (Phi) is 9.41. The van der Waals surface area contributed by atoms with Crippen LogP contribution < -0.4 is 5.32 Å². The first-order chi connectivity index (χ1) is 11.6. The summed E-state index contributed by atoms with van der Waals surface area (Å²) in [5, 5.41) is 14.3. The summed E-state index contributed by atoms with van der Waals surface area (Å²) in [4.78, 5) is 12.0. The largest absolute Gasteiger partial charge is 0.465 e. The molecule has 0 aliphatic carbocycles. The molecule has 2 N–H and O–H groups in total. The highest BCUT2D eigenvalue weighted by molar-refractivity contribution is 9.10. The lowest BCUT2D eigenvalue weighted by molar-refractivity contribution is 0.0602. The lowest BCUT2D eigenvalue weighted by Gasteiger charge is -2.29. The van der Waals surface area contributed by atoms with E-state index in [4.69, 9.17) is 4.74 Å². The molecular weight excluding hydrogens is 443 g/mol. The number of fused-ring (bicyclic) bond motifs is 1. The molecule has 2 atom stereocenters. The Morgan fingerprint density at radius 2 is 2.19 bits per heavy atom. The Balaban J connectivity index is 0.00000169. The predicted octanol–water partition coefficient (Wildman–Crippen LogP) is 3.93. The number of halogens is 3. The molecule has 1 aromatic heterocycles. The molecular formula is C18H25BrCl2N2O3. The van der Waals surface area contributed by atoms with E-state index in [0.29, 0.717) is 5.56 Å². The molecule has 2 unspecified atom stereocenters. The number of nitrogens with zero attached hydrogens (tertiary/aromatic N) is 1. The Hall–Kier alpha value is -0.790. The van der Waals surface area contributed by atoms with Crippen molar-refractivity contribution in [3.63, 3.8) is 0 Å². The van der Waals surface area contributed by atoms with Gasteiger partial charge in [-0.2, -0.15) is 0 Å². The third-order valence-corrected chi connectivity index (χ3v) is 5.20. The Morgan fingerprint density at radius 3 is 2.88 bits per heavy atom. The molecule has 5 nitrogen and oxygen atoms in total. The maximum atomic E-state index is 12.0. The van der Waals surface area contributed by atoms with Crippen LogP contribution in [0.25, 0.3) is 10.9 Å². The Morgan fingerprint density at radius 1 is 1.42 bits per heavy atom. The van der Waals surface area contributed by atoms with E-state index in [2.05, 4.69) is 25.8 Å². The first-order valence-electron chi connectivity index (χ1n) is 8.38. The van der Waals surface area contributed by atoms with E-state index >= 15 is 0 Å². The second-order valence-electron chi connectivity index (χ2n) is 6.30. The van der Waals surface area contributed by atoms with E-state index in [1.54, 1.807) is 0 Å². The van der Waals surface area contributed by atoms with Crippen LogP contribution in [0.3, 0.4) is 0 Å². The van der Waals surface area contributed by atoms with Gasteiger partial charge >= 0.3 is 5.97 Å². The number of rotatable bonds is 5. The van der Waals surface area contributed by atoms with Gasteiger partial charge in [-0.1, -0.05) is 15.9 Å². The van der Waals surface area contributed by atoms with Crippen molar-refractivity contribution >= 4 is 57.6 Å². The minimum absolute atomic E-state index is 0. The highest BCUT2D eigenvalue weighted by Crippen LogP contribution is 2.26. The van der Waals surface area contributed by atoms with Crippen LogP contribution in [-0.2, 0) is 11.3 Å². The number of carbonyl (C=O) groups excluding carboxylic acids is 1. The van der Waals surface area contributed by atoms with Crippen molar-refractivity contribution in [1.82, 2.24) is 9.88 Å². The molecule has 0 amide bonds. The lowest BCUT2D eigenvalue weighted by atomic mass is 9.97. The molecule has 26 heavy (non-hydrogen) atoms. The summed E-state index contributed by atoms with van der Waals surface area (Å²) < 4.78 is 7.94. The normalized spacial score (nSPS) is 19.5. The van der Waals surface area contributed by atoms with Gasteiger partial charge in [0.1, 0.15) is 0 Å². The van der Waals surface area contributed by atoms with Crippen LogP contribution >= 0.6 is 40.7 Å². The van der Waals surface area contributed by atoms with Crippen molar-refractivity contribution < 1.29 is 14.6 Å². The van der Waals surface area contributed by atoms with Gasteiger partial charge in [0, 0.05) is 34.2 Å². The standard InChI is InChI=1S/C18H23BrN2O3.2ClH/c1-24-18(23)14-11-21(16-7-6-12(19)10-13(14)16)9-3-4-15-17(22)5-2-8-20-15;;/h6-7,10-11,15,17,20,22H,2-5,8-9H2,1H3;2*1H. The zero-order valence-corrected chi connectivity index (χ0v) is 17.8. The first kappa shape index (κ1) is 23.2. The van der Waals surface area contributed by atoms with Crippen LogP contribution in [0.15, 0.2) is 28.9 Å². The van der Waals surface area contributed by atoms with E-state index < -0.39 is 0 Å². The van der Waals surface area contributed by atoms with Gasteiger partial charge in [-0.25, -0.2) is 4.79 Å². The van der Waals surface area contributed by atoms with Crippen LogP contribution in [0.4, 0.5) is 0 Å². The number of aliphatic hydroxyl groups is 1. The molecule has 146 valence electrons. The molecule has 1 aliphatic heterocycles. The van der Waals surface area contributed by atoms with E-state index in [1.807, 2.05) is 24.4 Å². The maximum Gasteiger partial charge on any atom is 0.340 e. The van der Waals surface area contributed by atoms with Gasteiger partial charge < -0.3 is 19.7 Å². The van der Waals surface area contributed by atoms with E-state index in [9.17, 15) is 9.90 Å². The van der Waals surface area contributed by atoms with Crippen LogP contribution in [0.5, 0.6) is 0 Å². The number of esters is 1. The van der Waals surface area contributed by atoms with Crippen molar-refractivity contribution in [2.45, 2.75) is 44.4 Å². The number of aliphatic hydroxyl groups excluding tert-OH is 1. The quantitative estimate of drug-likeness (QED) is 0.654. The number of aryl methyl sites for hydroxylation is 1. The third kappa shape index (κ3) is 5.14. The summed E-state index contributed by atoms with van der Waals surface area (Å²) in [5.74, 6) is -0.318. The average Bonchev–Trinajstić information content (AvgIpc) is 2.94. The van der Waals surface area contributed by atoms with E-state index in [0.717, 1.165) is 54.1 Å². The summed E-state index contributed by atoms with van der Waals surface area (Å²) >= 11 is 3.46. The van der Waals surface area contributed by atoms with E-state index in [1.165, 1.54) is 7.11 Å². The monoisotopic (exact) mass is 466 g/mol. The van der Waals surface area contributed by atoms with Crippen LogP contribution in [0.2, 0.25) is 0 Å². The number of piperidine rings is 1. The van der Waals surface area contributed by atoms with Gasteiger partial charge in [0.2, 0.25) is 0 Å².